The van der Waals surface area contributed by atoms with Gasteiger partial charge in [-0.25, -0.2) is 0 Å². The van der Waals surface area contributed by atoms with E-state index in [1.54, 1.807) is 12.1 Å². The molecule has 0 aliphatic carbocycles. The van der Waals surface area contributed by atoms with Gasteiger partial charge in [-0.05, 0) is 25.6 Å². The quantitative estimate of drug-likeness (QED) is 0.669. The second-order valence-electron chi connectivity index (χ2n) is 4.05. The van der Waals surface area contributed by atoms with Gasteiger partial charge in [-0.3, -0.25) is 10.1 Å². The molecule has 0 fully saturated rings. The Labute approximate surface area is 110 Å². The van der Waals surface area contributed by atoms with Gasteiger partial charge in [0.25, 0.3) is 5.69 Å². The van der Waals surface area contributed by atoms with Crippen LogP contribution in [0.15, 0.2) is 22.7 Å². The third-order valence-electron chi connectivity index (χ3n) is 3.09. The maximum absolute atomic E-state index is 11.0. The predicted octanol–water partition coefficient (Wildman–Crippen LogP) is 3.46. The smallest absolute Gasteiger partial charge is 0.272 e. The topological polar surface area (TPSA) is 55.2 Å². The third kappa shape index (κ3) is 3.26. The van der Waals surface area contributed by atoms with Crippen molar-refractivity contribution in [3.63, 3.8) is 0 Å². The molecule has 0 saturated heterocycles. The minimum absolute atomic E-state index is 0.0999. The van der Waals surface area contributed by atoms with Crippen LogP contribution in [0.3, 0.4) is 0 Å². The molecule has 1 aromatic carbocycles. The summed E-state index contributed by atoms with van der Waals surface area (Å²) in [6, 6.07) is 5.33. The highest BCUT2D eigenvalue weighted by Crippen LogP contribution is 2.32. The standard InChI is InChI=1S/C12H17BrN2O2/c1-4-11(14-3)8(2)10-7-9(13)5-6-12(10)15(16)17/h5-8,11,14H,4H2,1-3H3. The summed E-state index contributed by atoms with van der Waals surface area (Å²) in [4.78, 5) is 10.7. The number of nitrogens with one attached hydrogen (secondary N) is 1. The molecule has 5 heteroatoms. The number of halogens is 1. The first kappa shape index (κ1) is 14.1. The lowest BCUT2D eigenvalue weighted by molar-refractivity contribution is -0.385. The van der Waals surface area contributed by atoms with Crippen molar-refractivity contribution in [2.45, 2.75) is 32.2 Å². The summed E-state index contributed by atoms with van der Waals surface area (Å²) in [6.07, 6.45) is 0.932. The van der Waals surface area contributed by atoms with Gasteiger partial charge in [0.15, 0.2) is 0 Å². The molecule has 0 aliphatic rings. The van der Waals surface area contributed by atoms with E-state index in [4.69, 9.17) is 0 Å². The fourth-order valence-electron chi connectivity index (χ4n) is 2.08. The normalized spacial score (nSPS) is 14.4. The molecule has 0 aliphatic heterocycles. The Morgan fingerprint density at radius 2 is 2.18 bits per heavy atom. The van der Waals surface area contributed by atoms with Crippen molar-refractivity contribution in [3.05, 3.63) is 38.3 Å². The first-order valence-corrected chi connectivity index (χ1v) is 6.41. The highest BCUT2D eigenvalue weighted by Gasteiger charge is 2.23. The number of benzene rings is 1. The van der Waals surface area contributed by atoms with Crippen LogP contribution in [0, 0.1) is 10.1 Å². The number of nitro benzene ring substituents is 1. The van der Waals surface area contributed by atoms with Crippen LogP contribution in [0.5, 0.6) is 0 Å². The summed E-state index contributed by atoms with van der Waals surface area (Å²) in [5.74, 6) is 0.0999. The molecule has 1 N–H and O–H groups in total. The van der Waals surface area contributed by atoms with Gasteiger partial charge in [-0.1, -0.05) is 29.8 Å². The number of likely N-dealkylation sites (N-methyl/N-ethyl adjacent to an activating group) is 1. The van der Waals surface area contributed by atoms with Gasteiger partial charge in [0.05, 0.1) is 4.92 Å². The second-order valence-corrected chi connectivity index (χ2v) is 4.97. The maximum atomic E-state index is 11.0. The average Bonchev–Trinajstić information content (AvgIpc) is 2.29. The van der Waals surface area contributed by atoms with E-state index in [1.165, 1.54) is 0 Å². The van der Waals surface area contributed by atoms with Crippen molar-refractivity contribution in [1.29, 1.82) is 0 Å². The number of hydrogen-bond acceptors (Lipinski definition) is 3. The van der Waals surface area contributed by atoms with Crippen molar-refractivity contribution in [1.82, 2.24) is 5.32 Å². The molecule has 17 heavy (non-hydrogen) atoms. The van der Waals surface area contributed by atoms with E-state index < -0.39 is 0 Å². The van der Waals surface area contributed by atoms with E-state index in [0.29, 0.717) is 0 Å². The monoisotopic (exact) mass is 300 g/mol. The van der Waals surface area contributed by atoms with Crippen molar-refractivity contribution in [2.75, 3.05) is 7.05 Å². The lowest BCUT2D eigenvalue weighted by atomic mass is 9.90. The Balaban J connectivity index is 3.18. The van der Waals surface area contributed by atoms with E-state index in [1.807, 2.05) is 20.0 Å². The largest absolute Gasteiger partial charge is 0.316 e. The summed E-state index contributed by atoms with van der Waals surface area (Å²) in [5, 5.41) is 14.2. The Bertz CT molecular complexity index is 405. The summed E-state index contributed by atoms with van der Waals surface area (Å²) >= 11 is 3.36. The van der Waals surface area contributed by atoms with Crippen molar-refractivity contribution >= 4 is 21.6 Å². The molecule has 2 unspecified atom stereocenters. The molecule has 0 radical (unpaired) electrons. The zero-order valence-electron chi connectivity index (χ0n) is 10.2. The lowest BCUT2D eigenvalue weighted by Crippen LogP contribution is -2.30. The maximum Gasteiger partial charge on any atom is 0.272 e. The zero-order chi connectivity index (χ0) is 13.0. The van der Waals surface area contributed by atoms with Crippen molar-refractivity contribution in [2.24, 2.45) is 0 Å². The summed E-state index contributed by atoms with van der Waals surface area (Å²) in [6.45, 7) is 4.08. The first-order chi connectivity index (χ1) is 8.01. The Morgan fingerprint density at radius 1 is 1.53 bits per heavy atom. The van der Waals surface area contributed by atoms with Crippen LogP contribution in [0.2, 0.25) is 0 Å². The van der Waals surface area contributed by atoms with Gasteiger partial charge >= 0.3 is 0 Å². The predicted molar refractivity (Wildman–Crippen MR) is 72.4 cm³/mol. The molecule has 0 heterocycles. The Kier molecular flexibility index (Phi) is 5.08. The van der Waals surface area contributed by atoms with Crippen LogP contribution >= 0.6 is 15.9 Å². The molecule has 0 aromatic heterocycles. The fourth-order valence-corrected chi connectivity index (χ4v) is 2.46. The minimum atomic E-state index is -0.319. The number of nitro groups is 1. The molecule has 2 atom stereocenters. The summed E-state index contributed by atoms with van der Waals surface area (Å²) in [7, 11) is 1.88. The highest BCUT2D eigenvalue weighted by molar-refractivity contribution is 9.10. The molecule has 0 amide bonds. The second kappa shape index (κ2) is 6.12. The number of hydrogen-bond donors (Lipinski definition) is 1. The van der Waals surface area contributed by atoms with Crippen LogP contribution in [0.1, 0.15) is 31.7 Å². The zero-order valence-corrected chi connectivity index (χ0v) is 11.8. The van der Waals surface area contributed by atoms with E-state index in [0.717, 1.165) is 16.5 Å². The Hall–Kier alpha value is -0.940. The van der Waals surface area contributed by atoms with E-state index >= 15 is 0 Å². The van der Waals surface area contributed by atoms with Crippen molar-refractivity contribution in [3.8, 4) is 0 Å². The summed E-state index contributed by atoms with van der Waals surface area (Å²) in [5.41, 5.74) is 0.958. The van der Waals surface area contributed by atoms with Crippen LogP contribution < -0.4 is 5.32 Å². The SMILES string of the molecule is CCC(NC)C(C)c1cc(Br)ccc1[N+](=O)[O-]. The van der Waals surface area contributed by atoms with Gasteiger partial charge in [0, 0.05) is 28.1 Å². The molecular weight excluding hydrogens is 284 g/mol. The molecule has 0 spiro atoms. The van der Waals surface area contributed by atoms with Crippen LogP contribution in [0.25, 0.3) is 0 Å². The lowest BCUT2D eigenvalue weighted by Gasteiger charge is -2.22. The van der Waals surface area contributed by atoms with E-state index in [-0.39, 0.29) is 22.6 Å². The van der Waals surface area contributed by atoms with Crippen LogP contribution in [-0.2, 0) is 0 Å². The fraction of sp³-hybridized carbons (Fsp3) is 0.500. The summed E-state index contributed by atoms with van der Waals surface area (Å²) < 4.78 is 0.871. The molecule has 4 nitrogen and oxygen atoms in total. The average molecular weight is 301 g/mol. The highest BCUT2D eigenvalue weighted by atomic mass is 79.9. The van der Waals surface area contributed by atoms with Crippen LogP contribution in [0.4, 0.5) is 5.69 Å². The van der Waals surface area contributed by atoms with E-state index in [2.05, 4.69) is 28.2 Å². The van der Waals surface area contributed by atoms with Gasteiger partial charge in [0.1, 0.15) is 0 Å². The number of nitrogens with zero attached hydrogens (tertiary/aromatic N) is 1. The molecule has 1 rings (SSSR count). The van der Waals surface area contributed by atoms with Gasteiger partial charge < -0.3 is 5.32 Å². The third-order valence-corrected chi connectivity index (χ3v) is 3.58. The van der Waals surface area contributed by atoms with Crippen LogP contribution in [-0.4, -0.2) is 18.0 Å². The number of rotatable bonds is 5. The van der Waals surface area contributed by atoms with Gasteiger partial charge in [-0.2, -0.15) is 0 Å². The Morgan fingerprint density at radius 3 is 2.65 bits per heavy atom. The molecule has 0 saturated carbocycles. The van der Waals surface area contributed by atoms with E-state index in [9.17, 15) is 10.1 Å². The molecular formula is C12H17BrN2O2. The first-order valence-electron chi connectivity index (χ1n) is 5.62. The van der Waals surface area contributed by atoms with Gasteiger partial charge in [-0.15, -0.1) is 0 Å². The molecule has 1 aromatic rings. The molecule has 94 valence electrons. The molecule has 0 bridgehead atoms. The van der Waals surface area contributed by atoms with Crippen molar-refractivity contribution < 1.29 is 4.92 Å². The minimum Gasteiger partial charge on any atom is -0.316 e. The van der Waals surface area contributed by atoms with Gasteiger partial charge in [0.2, 0.25) is 0 Å².